The van der Waals surface area contributed by atoms with E-state index in [9.17, 15) is 0 Å². The number of nitrogens with zero attached hydrogens (tertiary/aromatic N) is 1. The van der Waals surface area contributed by atoms with Gasteiger partial charge in [0.15, 0.2) is 0 Å². The molecule has 0 aliphatic heterocycles. The van der Waals surface area contributed by atoms with Crippen LogP contribution in [0.2, 0.25) is 39.3 Å². The summed E-state index contributed by atoms with van der Waals surface area (Å²) >= 11 is 0. The van der Waals surface area contributed by atoms with Crippen LogP contribution in [-0.4, -0.2) is 22.8 Å². The molecule has 0 saturated heterocycles. The molecule has 0 aliphatic rings. The number of benzene rings is 1. The first-order valence-corrected chi connectivity index (χ1v) is 13.0. The molecule has 1 rings (SSSR count). The van der Waals surface area contributed by atoms with Crippen LogP contribution in [0, 0.1) is 0 Å². The molecule has 0 aliphatic carbocycles. The first kappa shape index (κ1) is 15.0. The molecule has 0 amide bonds. The van der Waals surface area contributed by atoms with Gasteiger partial charge in [0.25, 0.3) is 8.32 Å². The molecule has 5 heteroatoms. The Labute approximate surface area is 112 Å². The molecule has 0 atom stereocenters. The first-order chi connectivity index (χ1) is 8.17. The third kappa shape index (κ3) is 6.02. The Hall–Kier alpha value is -1.08. The van der Waals surface area contributed by atoms with Gasteiger partial charge in [-0.25, -0.2) is 0 Å². The van der Waals surface area contributed by atoms with Gasteiger partial charge in [0.1, 0.15) is 5.75 Å². The molecular formula is C13H23NO2Si2. The molecule has 0 spiro atoms. The third-order valence-corrected chi connectivity index (χ3v) is 3.34. The molecule has 0 radical (unpaired) electrons. The molecule has 0 aromatic heterocycles. The van der Waals surface area contributed by atoms with Crippen molar-refractivity contribution in [3.8, 4) is 5.75 Å². The summed E-state index contributed by atoms with van der Waals surface area (Å²) in [4.78, 5) is 0. The quantitative estimate of drug-likeness (QED) is 0.462. The zero-order chi connectivity index (χ0) is 13.8. The minimum atomic E-state index is -1.61. The van der Waals surface area contributed by atoms with Gasteiger partial charge in [-0.1, -0.05) is 12.1 Å². The van der Waals surface area contributed by atoms with E-state index in [4.69, 9.17) is 8.95 Å². The molecule has 0 unspecified atom stereocenters. The van der Waals surface area contributed by atoms with Gasteiger partial charge in [0.05, 0.1) is 6.21 Å². The van der Waals surface area contributed by atoms with Crippen molar-refractivity contribution in [1.29, 1.82) is 0 Å². The third-order valence-electron chi connectivity index (χ3n) is 1.85. The lowest BCUT2D eigenvalue weighted by molar-refractivity contribution is 0.338. The molecule has 0 heterocycles. The van der Waals surface area contributed by atoms with E-state index in [1.165, 1.54) is 0 Å². The normalized spacial score (nSPS) is 12.8. The standard InChI is InChI=1S/C13H23NO2Si2/c1-17(2,3)15-13-10-8-7-9-12(13)11-14-16-18(4,5)6/h7-11H,1-6H3/b14-11+. The summed E-state index contributed by atoms with van der Waals surface area (Å²) in [5, 5.41) is 4.08. The highest BCUT2D eigenvalue weighted by molar-refractivity contribution is 6.70. The highest BCUT2D eigenvalue weighted by Gasteiger charge is 2.18. The summed E-state index contributed by atoms with van der Waals surface area (Å²) in [6, 6.07) is 7.93. The van der Waals surface area contributed by atoms with Crippen LogP contribution in [0.4, 0.5) is 0 Å². The highest BCUT2D eigenvalue weighted by atomic mass is 28.4. The number of oxime groups is 1. The zero-order valence-electron chi connectivity index (χ0n) is 12.2. The Balaban J connectivity index is 2.83. The van der Waals surface area contributed by atoms with Crippen LogP contribution in [0.5, 0.6) is 5.75 Å². The molecule has 0 bridgehead atoms. The Morgan fingerprint density at radius 3 is 2.11 bits per heavy atom. The van der Waals surface area contributed by atoms with Crippen molar-refractivity contribution in [1.82, 2.24) is 0 Å². The molecule has 100 valence electrons. The molecule has 1 aromatic carbocycles. The van der Waals surface area contributed by atoms with Crippen LogP contribution in [0.25, 0.3) is 0 Å². The van der Waals surface area contributed by atoms with Crippen LogP contribution >= 0.6 is 0 Å². The fraction of sp³-hybridized carbons (Fsp3) is 0.462. The molecule has 3 nitrogen and oxygen atoms in total. The predicted octanol–water partition coefficient (Wildman–Crippen LogP) is 4.09. The van der Waals surface area contributed by atoms with Crippen molar-refractivity contribution < 1.29 is 8.95 Å². The predicted molar refractivity (Wildman–Crippen MR) is 82.4 cm³/mol. The van der Waals surface area contributed by atoms with Gasteiger partial charge < -0.3 is 8.95 Å². The van der Waals surface area contributed by atoms with E-state index in [1.54, 1.807) is 6.21 Å². The minimum absolute atomic E-state index is 0.889. The molecular weight excluding hydrogens is 258 g/mol. The van der Waals surface area contributed by atoms with E-state index in [-0.39, 0.29) is 0 Å². The summed E-state index contributed by atoms with van der Waals surface area (Å²) in [7, 11) is -3.20. The number of rotatable bonds is 5. The maximum absolute atomic E-state index is 6.02. The zero-order valence-corrected chi connectivity index (χ0v) is 14.2. The van der Waals surface area contributed by atoms with Crippen LogP contribution < -0.4 is 4.43 Å². The van der Waals surface area contributed by atoms with Crippen LogP contribution in [0.1, 0.15) is 5.56 Å². The van der Waals surface area contributed by atoms with Crippen LogP contribution in [0.15, 0.2) is 29.4 Å². The maximum Gasteiger partial charge on any atom is 0.278 e. The van der Waals surface area contributed by atoms with E-state index in [1.807, 2.05) is 24.3 Å². The van der Waals surface area contributed by atoms with Gasteiger partial charge in [-0.15, -0.1) is 5.16 Å². The van der Waals surface area contributed by atoms with E-state index in [0.29, 0.717) is 0 Å². The Kier molecular flexibility index (Phi) is 4.75. The van der Waals surface area contributed by atoms with E-state index in [0.717, 1.165) is 11.3 Å². The van der Waals surface area contributed by atoms with E-state index < -0.39 is 16.6 Å². The average Bonchev–Trinajstić information content (AvgIpc) is 2.16. The lowest BCUT2D eigenvalue weighted by Crippen LogP contribution is -2.29. The number of hydrogen-bond donors (Lipinski definition) is 0. The minimum Gasteiger partial charge on any atom is -0.544 e. The van der Waals surface area contributed by atoms with Crippen molar-refractivity contribution in [3.63, 3.8) is 0 Å². The van der Waals surface area contributed by atoms with Gasteiger partial charge in [-0.05, 0) is 51.4 Å². The second-order valence-electron chi connectivity index (χ2n) is 6.19. The Bertz CT molecular complexity index is 420. The van der Waals surface area contributed by atoms with Gasteiger partial charge in [-0.3, -0.25) is 0 Å². The van der Waals surface area contributed by atoms with Crippen molar-refractivity contribution in [2.45, 2.75) is 39.3 Å². The van der Waals surface area contributed by atoms with E-state index in [2.05, 4.69) is 44.4 Å². The second kappa shape index (κ2) is 5.71. The summed E-state index contributed by atoms with van der Waals surface area (Å²) in [6.07, 6.45) is 1.74. The van der Waals surface area contributed by atoms with Crippen molar-refractivity contribution >= 4 is 22.8 Å². The number of hydrogen-bond acceptors (Lipinski definition) is 3. The number of para-hydroxylation sites is 1. The molecule has 1 aromatic rings. The van der Waals surface area contributed by atoms with Gasteiger partial charge in [-0.2, -0.15) is 0 Å². The average molecular weight is 282 g/mol. The van der Waals surface area contributed by atoms with Crippen LogP contribution in [0.3, 0.4) is 0 Å². The fourth-order valence-corrected chi connectivity index (χ4v) is 2.47. The first-order valence-electron chi connectivity index (χ1n) is 6.17. The lowest BCUT2D eigenvalue weighted by atomic mass is 10.2. The van der Waals surface area contributed by atoms with E-state index >= 15 is 0 Å². The largest absolute Gasteiger partial charge is 0.544 e. The summed E-state index contributed by atoms with van der Waals surface area (Å²) in [5.74, 6) is 0.889. The Morgan fingerprint density at radius 2 is 1.56 bits per heavy atom. The van der Waals surface area contributed by atoms with Crippen LogP contribution in [-0.2, 0) is 4.53 Å². The molecule has 0 N–H and O–H groups in total. The topological polar surface area (TPSA) is 30.8 Å². The van der Waals surface area contributed by atoms with Gasteiger partial charge in [0, 0.05) is 5.56 Å². The van der Waals surface area contributed by atoms with Gasteiger partial charge in [0.2, 0.25) is 8.32 Å². The lowest BCUT2D eigenvalue weighted by Gasteiger charge is -2.20. The summed E-state index contributed by atoms with van der Waals surface area (Å²) in [5.41, 5.74) is 0.971. The summed E-state index contributed by atoms with van der Waals surface area (Å²) in [6.45, 7) is 12.8. The van der Waals surface area contributed by atoms with Crippen molar-refractivity contribution in [3.05, 3.63) is 29.8 Å². The Morgan fingerprint density at radius 1 is 0.944 bits per heavy atom. The smallest absolute Gasteiger partial charge is 0.278 e. The summed E-state index contributed by atoms with van der Waals surface area (Å²) < 4.78 is 11.5. The molecule has 0 fully saturated rings. The van der Waals surface area contributed by atoms with Crippen molar-refractivity contribution in [2.75, 3.05) is 0 Å². The maximum atomic E-state index is 6.02. The molecule has 18 heavy (non-hydrogen) atoms. The second-order valence-corrected chi connectivity index (χ2v) is 15.0. The SMILES string of the molecule is C[Si](C)(C)O/N=C/c1ccccc1O[Si](C)(C)C. The monoisotopic (exact) mass is 281 g/mol. The fourth-order valence-electron chi connectivity index (χ4n) is 1.25. The van der Waals surface area contributed by atoms with Gasteiger partial charge >= 0.3 is 0 Å². The highest BCUT2D eigenvalue weighted by Crippen LogP contribution is 2.20. The van der Waals surface area contributed by atoms with Crippen molar-refractivity contribution in [2.24, 2.45) is 5.16 Å². The molecule has 0 saturated carbocycles.